The summed E-state index contributed by atoms with van der Waals surface area (Å²) in [6.45, 7) is 0. The van der Waals surface area contributed by atoms with Gasteiger partial charge in [0.25, 0.3) is 0 Å². The number of hydrogen-bond acceptors (Lipinski definition) is 1. The van der Waals surface area contributed by atoms with E-state index in [9.17, 15) is 5.11 Å². The van der Waals surface area contributed by atoms with E-state index in [2.05, 4.69) is 20.9 Å². The quantitative estimate of drug-likeness (QED) is 0.691. The number of fused-ring (bicyclic) bond motifs is 1. The van der Waals surface area contributed by atoms with Gasteiger partial charge in [0.05, 0.1) is 4.47 Å². The second-order valence-electron chi connectivity index (χ2n) is 2.33. The molecule has 1 aromatic carbocycles. The lowest BCUT2D eigenvalue weighted by Crippen LogP contribution is -1.63. The molecule has 0 amide bonds. The average Bonchev–Trinajstić information content (AvgIpc) is 2.30. The number of rotatable bonds is 0. The fourth-order valence-electron chi connectivity index (χ4n) is 1.09. The van der Waals surface area contributed by atoms with Crippen LogP contribution in [0.3, 0.4) is 0 Å². The Morgan fingerprint density at radius 2 is 2.00 bits per heavy atom. The van der Waals surface area contributed by atoms with Crippen LogP contribution in [0.15, 0.2) is 28.7 Å². The number of nitrogens with one attached hydrogen (secondary N) is 1. The number of H-pyrrole nitrogens is 1. The summed E-state index contributed by atoms with van der Waals surface area (Å²) in [5.74, 6) is 0.186. The van der Waals surface area contributed by atoms with Crippen LogP contribution in [0.5, 0.6) is 5.88 Å². The Labute approximate surface area is 72.0 Å². The maximum atomic E-state index is 9.24. The van der Waals surface area contributed by atoms with Crippen molar-refractivity contribution in [3.05, 3.63) is 28.7 Å². The van der Waals surface area contributed by atoms with Crippen LogP contribution in [0.1, 0.15) is 0 Å². The van der Waals surface area contributed by atoms with Gasteiger partial charge in [-0.2, -0.15) is 0 Å². The van der Waals surface area contributed by atoms with Crippen molar-refractivity contribution in [2.24, 2.45) is 0 Å². The zero-order chi connectivity index (χ0) is 7.84. The van der Waals surface area contributed by atoms with Crippen molar-refractivity contribution in [2.75, 3.05) is 0 Å². The first-order valence-corrected chi connectivity index (χ1v) is 4.03. The lowest BCUT2D eigenvalue weighted by Gasteiger charge is -1.85. The Balaban J connectivity index is 2.92. The molecule has 11 heavy (non-hydrogen) atoms. The lowest BCUT2D eigenvalue weighted by molar-refractivity contribution is 0.455. The zero-order valence-corrected chi connectivity index (χ0v) is 7.22. The molecule has 2 aromatic rings. The lowest BCUT2D eigenvalue weighted by atomic mass is 10.3. The number of aromatic hydroxyl groups is 1. The molecule has 0 radical (unpaired) electrons. The Morgan fingerprint density at radius 3 is 2.73 bits per heavy atom. The summed E-state index contributed by atoms with van der Waals surface area (Å²) in [6, 6.07) is 7.71. The van der Waals surface area contributed by atoms with Crippen LogP contribution in [-0.2, 0) is 0 Å². The maximum absolute atomic E-state index is 9.24. The minimum atomic E-state index is 0.186. The Hall–Kier alpha value is -0.960. The fourth-order valence-corrected chi connectivity index (χ4v) is 1.54. The summed E-state index contributed by atoms with van der Waals surface area (Å²) in [5.41, 5.74) is 0.942. The first-order valence-electron chi connectivity index (χ1n) is 3.24. The summed E-state index contributed by atoms with van der Waals surface area (Å²) in [5, 5.41) is 10.2. The highest BCUT2D eigenvalue weighted by molar-refractivity contribution is 9.10. The molecule has 0 saturated carbocycles. The first-order chi connectivity index (χ1) is 5.29. The van der Waals surface area contributed by atoms with Crippen LogP contribution in [0, 0.1) is 0 Å². The molecular weight excluding hydrogens is 206 g/mol. The van der Waals surface area contributed by atoms with Crippen LogP contribution in [-0.4, -0.2) is 10.1 Å². The molecule has 2 nitrogen and oxygen atoms in total. The monoisotopic (exact) mass is 211 g/mol. The minimum Gasteiger partial charge on any atom is -0.494 e. The van der Waals surface area contributed by atoms with E-state index in [1.807, 2.05) is 24.3 Å². The molecule has 0 aliphatic rings. The third-order valence-electron chi connectivity index (χ3n) is 1.62. The molecular formula is C8H6BrNO. The molecule has 0 saturated heterocycles. The SMILES string of the molecule is Oc1[nH]c2ccccc2c1Br. The molecule has 0 atom stereocenters. The standard InChI is InChI=1S/C8H6BrNO/c9-7-5-3-1-2-4-6(5)10-8(7)11/h1-4,10-11H. The van der Waals surface area contributed by atoms with Crippen molar-refractivity contribution in [3.63, 3.8) is 0 Å². The summed E-state index contributed by atoms with van der Waals surface area (Å²) in [7, 11) is 0. The van der Waals surface area contributed by atoms with E-state index >= 15 is 0 Å². The molecule has 3 heteroatoms. The van der Waals surface area contributed by atoms with Gasteiger partial charge in [0.1, 0.15) is 0 Å². The van der Waals surface area contributed by atoms with Gasteiger partial charge in [0.2, 0.25) is 5.88 Å². The molecule has 2 N–H and O–H groups in total. The van der Waals surface area contributed by atoms with Crippen LogP contribution < -0.4 is 0 Å². The number of para-hydroxylation sites is 1. The van der Waals surface area contributed by atoms with E-state index in [1.165, 1.54) is 0 Å². The minimum absolute atomic E-state index is 0.186. The number of halogens is 1. The van der Waals surface area contributed by atoms with Crippen molar-refractivity contribution in [1.29, 1.82) is 0 Å². The average molecular weight is 212 g/mol. The van der Waals surface area contributed by atoms with Crippen molar-refractivity contribution in [2.45, 2.75) is 0 Å². The molecule has 0 unspecified atom stereocenters. The summed E-state index contributed by atoms with van der Waals surface area (Å²) in [4.78, 5) is 2.84. The Morgan fingerprint density at radius 1 is 1.27 bits per heavy atom. The molecule has 0 spiro atoms. The van der Waals surface area contributed by atoms with E-state index < -0.39 is 0 Å². The maximum Gasteiger partial charge on any atom is 0.204 e. The van der Waals surface area contributed by atoms with Gasteiger partial charge in [-0.05, 0) is 22.0 Å². The Kier molecular flexibility index (Phi) is 1.39. The normalized spacial score (nSPS) is 10.6. The van der Waals surface area contributed by atoms with Gasteiger partial charge in [-0.1, -0.05) is 18.2 Å². The number of benzene rings is 1. The van der Waals surface area contributed by atoms with Gasteiger partial charge in [-0.3, -0.25) is 0 Å². The van der Waals surface area contributed by atoms with E-state index in [1.54, 1.807) is 0 Å². The number of hydrogen-bond donors (Lipinski definition) is 2. The van der Waals surface area contributed by atoms with Crippen LogP contribution in [0.25, 0.3) is 10.9 Å². The third-order valence-corrected chi connectivity index (χ3v) is 2.43. The number of aromatic nitrogens is 1. The fraction of sp³-hybridized carbons (Fsp3) is 0. The third kappa shape index (κ3) is 0.922. The predicted octanol–water partition coefficient (Wildman–Crippen LogP) is 2.64. The molecule has 0 aliphatic carbocycles. The summed E-state index contributed by atoms with van der Waals surface area (Å²) in [6.07, 6.45) is 0. The largest absolute Gasteiger partial charge is 0.494 e. The predicted molar refractivity (Wildman–Crippen MR) is 47.7 cm³/mol. The smallest absolute Gasteiger partial charge is 0.204 e. The second-order valence-corrected chi connectivity index (χ2v) is 3.13. The van der Waals surface area contributed by atoms with Crippen molar-refractivity contribution >= 4 is 26.8 Å². The van der Waals surface area contributed by atoms with Gasteiger partial charge < -0.3 is 10.1 Å². The van der Waals surface area contributed by atoms with E-state index in [0.717, 1.165) is 15.4 Å². The highest BCUT2D eigenvalue weighted by Gasteiger charge is 2.04. The van der Waals surface area contributed by atoms with Crippen molar-refractivity contribution in [3.8, 4) is 5.88 Å². The Bertz CT molecular complexity index is 394. The van der Waals surface area contributed by atoms with E-state index in [4.69, 9.17) is 0 Å². The van der Waals surface area contributed by atoms with Gasteiger partial charge in [-0.15, -0.1) is 0 Å². The summed E-state index contributed by atoms with van der Waals surface area (Å²) < 4.78 is 0.730. The van der Waals surface area contributed by atoms with Gasteiger partial charge in [0.15, 0.2) is 0 Å². The van der Waals surface area contributed by atoms with Gasteiger partial charge >= 0.3 is 0 Å². The van der Waals surface area contributed by atoms with Crippen LogP contribution in [0.2, 0.25) is 0 Å². The van der Waals surface area contributed by atoms with Crippen molar-refractivity contribution in [1.82, 2.24) is 4.98 Å². The van der Waals surface area contributed by atoms with Crippen LogP contribution in [0.4, 0.5) is 0 Å². The van der Waals surface area contributed by atoms with Crippen molar-refractivity contribution < 1.29 is 5.11 Å². The van der Waals surface area contributed by atoms with Crippen LogP contribution >= 0.6 is 15.9 Å². The van der Waals surface area contributed by atoms with E-state index in [-0.39, 0.29) is 5.88 Å². The zero-order valence-electron chi connectivity index (χ0n) is 5.63. The molecule has 1 aromatic heterocycles. The first kappa shape index (κ1) is 6.73. The van der Waals surface area contributed by atoms with E-state index in [0.29, 0.717) is 0 Å². The second kappa shape index (κ2) is 2.27. The molecule has 0 aliphatic heterocycles. The highest BCUT2D eigenvalue weighted by Crippen LogP contribution is 2.31. The molecule has 0 fully saturated rings. The molecule has 1 heterocycles. The molecule has 56 valence electrons. The van der Waals surface area contributed by atoms with Gasteiger partial charge in [0, 0.05) is 10.9 Å². The number of aromatic amines is 1. The molecule has 2 rings (SSSR count). The topological polar surface area (TPSA) is 36.0 Å². The summed E-state index contributed by atoms with van der Waals surface area (Å²) >= 11 is 3.27. The van der Waals surface area contributed by atoms with Gasteiger partial charge in [-0.25, -0.2) is 0 Å². The highest BCUT2D eigenvalue weighted by atomic mass is 79.9. The molecule has 0 bridgehead atoms.